The second kappa shape index (κ2) is 4.57. The number of nitrogens with one attached hydrogen (secondary N) is 2. The molecular formula is C10H12N4O3S. The monoisotopic (exact) mass is 268 g/mol. The van der Waals surface area contributed by atoms with Crippen LogP contribution in [0.25, 0.3) is 0 Å². The van der Waals surface area contributed by atoms with E-state index in [-0.39, 0.29) is 10.8 Å². The van der Waals surface area contributed by atoms with E-state index in [4.69, 9.17) is 10.5 Å². The standard InChI is InChI=1S/C10H12N4O3S/c1-17-9-6-7(2-3-8(9)11)18(15,16)14-10-12-4-5-13-10/h2-6H,11H2,1H3,(H2,12,13,14). The van der Waals surface area contributed by atoms with Crippen LogP contribution in [0.15, 0.2) is 35.5 Å². The molecule has 0 fully saturated rings. The summed E-state index contributed by atoms with van der Waals surface area (Å²) in [6.07, 6.45) is 2.96. The molecule has 4 N–H and O–H groups in total. The third-order valence-corrected chi connectivity index (χ3v) is 3.58. The highest BCUT2D eigenvalue weighted by molar-refractivity contribution is 7.92. The molecule has 0 saturated heterocycles. The van der Waals surface area contributed by atoms with Crippen LogP contribution in [0.2, 0.25) is 0 Å². The van der Waals surface area contributed by atoms with Crippen molar-refractivity contribution in [1.29, 1.82) is 0 Å². The number of sulfonamides is 1. The molecule has 2 aromatic rings. The third-order valence-electron chi connectivity index (χ3n) is 2.24. The molecule has 0 aliphatic heterocycles. The number of benzene rings is 1. The van der Waals surface area contributed by atoms with Crippen molar-refractivity contribution < 1.29 is 13.2 Å². The Morgan fingerprint density at radius 2 is 2.22 bits per heavy atom. The topological polar surface area (TPSA) is 110 Å². The Balaban J connectivity index is 2.35. The number of imidazole rings is 1. The van der Waals surface area contributed by atoms with E-state index in [0.717, 1.165) is 0 Å². The molecule has 0 aliphatic rings. The Morgan fingerprint density at radius 1 is 1.44 bits per heavy atom. The maximum atomic E-state index is 12.0. The van der Waals surface area contributed by atoms with Gasteiger partial charge in [0.1, 0.15) is 5.75 Å². The summed E-state index contributed by atoms with van der Waals surface area (Å²) in [5.74, 6) is 0.447. The quantitative estimate of drug-likeness (QED) is 0.710. The lowest BCUT2D eigenvalue weighted by atomic mass is 10.3. The first-order valence-electron chi connectivity index (χ1n) is 4.98. The second-order valence-electron chi connectivity index (χ2n) is 3.45. The number of nitrogens with two attached hydrogens (primary N) is 1. The molecule has 96 valence electrons. The number of methoxy groups -OCH3 is 1. The molecule has 0 aliphatic carbocycles. The van der Waals surface area contributed by atoms with Crippen molar-refractivity contribution in [2.24, 2.45) is 0 Å². The van der Waals surface area contributed by atoms with Gasteiger partial charge in [-0.25, -0.2) is 18.1 Å². The average molecular weight is 268 g/mol. The van der Waals surface area contributed by atoms with Gasteiger partial charge in [-0.3, -0.25) is 0 Å². The molecule has 0 spiro atoms. The predicted octanol–water partition coefficient (Wildman–Crippen LogP) is 0.801. The first-order chi connectivity index (χ1) is 8.53. The highest BCUT2D eigenvalue weighted by Gasteiger charge is 2.17. The lowest BCUT2D eigenvalue weighted by Gasteiger charge is -2.08. The van der Waals surface area contributed by atoms with Crippen molar-refractivity contribution in [3.05, 3.63) is 30.6 Å². The fraction of sp³-hybridized carbons (Fsp3) is 0.100. The normalized spacial score (nSPS) is 11.2. The highest BCUT2D eigenvalue weighted by atomic mass is 32.2. The summed E-state index contributed by atoms with van der Waals surface area (Å²) in [7, 11) is -2.29. The summed E-state index contributed by atoms with van der Waals surface area (Å²) < 4.78 is 31.3. The number of anilines is 2. The van der Waals surface area contributed by atoms with Crippen molar-refractivity contribution in [1.82, 2.24) is 9.97 Å². The van der Waals surface area contributed by atoms with Gasteiger partial charge < -0.3 is 15.5 Å². The molecule has 0 unspecified atom stereocenters. The molecule has 0 amide bonds. The van der Waals surface area contributed by atoms with Gasteiger partial charge in [0.15, 0.2) is 0 Å². The summed E-state index contributed by atoms with van der Waals surface area (Å²) in [6.45, 7) is 0. The molecule has 1 aromatic heterocycles. The van der Waals surface area contributed by atoms with E-state index >= 15 is 0 Å². The van der Waals surface area contributed by atoms with Gasteiger partial charge >= 0.3 is 0 Å². The predicted molar refractivity (Wildman–Crippen MR) is 66.8 cm³/mol. The molecule has 0 atom stereocenters. The lowest BCUT2D eigenvalue weighted by molar-refractivity contribution is 0.415. The number of H-pyrrole nitrogens is 1. The smallest absolute Gasteiger partial charge is 0.264 e. The number of ether oxygens (including phenoxy) is 1. The Hall–Kier alpha value is -2.22. The minimum atomic E-state index is -3.71. The van der Waals surface area contributed by atoms with Crippen LogP contribution in [0.3, 0.4) is 0 Å². The van der Waals surface area contributed by atoms with Crippen LogP contribution >= 0.6 is 0 Å². The largest absolute Gasteiger partial charge is 0.495 e. The lowest BCUT2D eigenvalue weighted by Crippen LogP contribution is -2.14. The molecule has 1 aromatic carbocycles. The number of aromatic nitrogens is 2. The zero-order valence-electron chi connectivity index (χ0n) is 9.54. The summed E-state index contributed by atoms with van der Waals surface area (Å²) in [5.41, 5.74) is 5.99. The number of hydrogen-bond acceptors (Lipinski definition) is 5. The van der Waals surface area contributed by atoms with Gasteiger partial charge in [-0.1, -0.05) is 0 Å². The fourth-order valence-electron chi connectivity index (χ4n) is 1.37. The number of nitrogens with zero attached hydrogens (tertiary/aromatic N) is 1. The zero-order chi connectivity index (χ0) is 13.2. The minimum Gasteiger partial charge on any atom is -0.495 e. The summed E-state index contributed by atoms with van der Waals surface area (Å²) in [4.78, 5) is 6.48. The van der Waals surface area contributed by atoms with E-state index in [1.54, 1.807) is 0 Å². The van der Waals surface area contributed by atoms with Gasteiger partial charge in [0, 0.05) is 18.5 Å². The summed E-state index contributed by atoms with van der Waals surface area (Å²) >= 11 is 0. The molecule has 0 bridgehead atoms. The van der Waals surface area contributed by atoms with Crippen molar-refractivity contribution in [2.75, 3.05) is 17.6 Å². The minimum absolute atomic E-state index is 0.0463. The number of aromatic amines is 1. The van der Waals surface area contributed by atoms with E-state index in [1.807, 2.05) is 0 Å². The van der Waals surface area contributed by atoms with E-state index in [0.29, 0.717) is 11.4 Å². The molecule has 7 nitrogen and oxygen atoms in total. The Morgan fingerprint density at radius 3 is 2.83 bits per heavy atom. The van der Waals surface area contributed by atoms with Crippen molar-refractivity contribution >= 4 is 21.7 Å². The molecule has 1 heterocycles. The van der Waals surface area contributed by atoms with Crippen LogP contribution in [-0.2, 0) is 10.0 Å². The van der Waals surface area contributed by atoms with Crippen molar-refractivity contribution in [3.8, 4) is 5.75 Å². The zero-order valence-corrected chi connectivity index (χ0v) is 10.4. The van der Waals surface area contributed by atoms with Crippen LogP contribution in [0.5, 0.6) is 5.75 Å². The summed E-state index contributed by atoms with van der Waals surface area (Å²) in [5, 5.41) is 0. The highest BCUT2D eigenvalue weighted by Crippen LogP contribution is 2.25. The van der Waals surface area contributed by atoms with Crippen molar-refractivity contribution in [3.63, 3.8) is 0 Å². The van der Waals surface area contributed by atoms with Crippen LogP contribution < -0.4 is 15.2 Å². The molecule has 18 heavy (non-hydrogen) atoms. The molecular weight excluding hydrogens is 256 g/mol. The third kappa shape index (κ3) is 2.38. The molecule has 8 heteroatoms. The van der Waals surface area contributed by atoms with Crippen LogP contribution in [0, 0.1) is 0 Å². The van der Waals surface area contributed by atoms with E-state index < -0.39 is 10.0 Å². The first kappa shape index (κ1) is 12.2. The van der Waals surface area contributed by atoms with Gasteiger partial charge in [-0.15, -0.1) is 0 Å². The van der Waals surface area contributed by atoms with E-state index in [2.05, 4.69) is 14.7 Å². The summed E-state index contributed by atoms with van der Waals surface area (Å²) in [6, 6.07) is 4.21. The number of hydrogen-bond donors (Lipinski definition) is 3. The number of nitrogen functional groups attached to an aromatic ring is 1. The Labute approximate surface area is 104 Å². The van der Waals surface area contributed by atoms with E-state index in [9.17, 15) is 8.42 Å². The van der Waals surface area contributed by atoms with Gasteiger partial charge in [0.2, 0.25) is 5.95 Å². The molecule has 0 saturated carbocycles. The van der Waals surface area contributed by atoms with Gasteiger partial charge in [-0.05, 0) is 12.1 Å². The van der Waals surface area contributed by atoms with E-state index in [1.165, 1.54) is 37.7 Å². The fourth-order valence-corrected chi connectivity index (χ4v) is 2.36. The van der Waals surface area contributed by atoms with Gasteiger partial charge in [0.05, 0.1) is 17.7 Å². The van der Waals surface area contributed by atoms with Gasteiger partial charge in [-0.2, -0.15) is 0 Å². The van der Waals surface area contributed by atoms with Gasteiger partial charge in [0.25, 0.3) is 10.0 Å². The van der Waals surface area contributed by atoms with Crippen LogP contribution in [-0.4, -0.2) is 25.5 Å². The Bertz CT molecular complexity index is 637. The maximum Gasteiger partial charge on any atom is 0.264 e. The average Bonchev–Trinajstić information content (AvgIpc) is 2.81. The molecule has 2 rings (SSSR count). The van der Waals surface area contributed by atoms with Crippen LogP contribution in [0.4, 0.5) is 11.6 Å². The Kier molecular flexibility index (Phi) is 3.11. The second-order valence-corrected chi connectivity index (χ2v) is 5.13. The maximum absolute atomic E-state index is 12.0. The first-order valence-corrected chi connectivity index (χ1v) is 6.47. The molecule has 0 radical (unpaired) electrons. The van der Waals surface area contributed by atoms with Crippen LogP contribution in [0.1, 0.15) is 0 Å². The SMILES string of the molecule is COc1cc(S(=O)(=O)Nc2ncc[nH]2)ccc1N. The number of rotatable bonds is 4. The van der Waals surface area contributed by atoms with Crippen molar-refractivity contribution in [2.45, 2.75) is 4.90 Å².